The highest BCUT2D eigenvalue weighted by Gasteiger charge is 2.15. The number of ketones is 1. The summed E-state index contributed by atoms with van der Waals surface area (Å²) in [4.78, 5) is 12.1. The van der Waals surface area contributed by atoms with Crippen LogP contribution in [0.15, 0.2) is 18.2 Å². The highest BCUT2D eigenvalue weighted by Crippen LogP contribution is 2.25. The van der Waals surface area contributed by atoms with Crippen LogP contribution < -0.4 is 5.73 Å². The molecule has 0 saturated heterocycles. The van der Waals surface area contributed by atoms with E-state index in [0.29, 0.717) is 40.4 Å². The minimum Gasteiger partial charge on any atom is -0.330 e. The summed E-state index contributed by atoms with van der Waals surface area (Å²) in [5.41, 5.74) is 6.23. The fraction of sp³-hybridized carbons (Fsp3) is 0.533. The van der Waals surface area contributed by atoms with Gasteiger partial charge < -0.3 is 5.73 Å². The van der Waals surface area contributed by atoms with Gasteiger partial charge in [-0.1, -0.05) is 37.0 Å². The van der Waals surface area contributed by atoms with E-state index in [2.05, 4.69) is 13.8 Å². The quantitative estimate of drug-likeness (QED) is 0.749. The minimum atomic E-state index is 0.112. The second-order valence-electron chi connectivity index (χ2n) is 5.17. The van der Waals surface area contributed by atoms with Gasteiger partial charge in [0.2, 0.25) is 0 Å². The third kappa shape index (κ3) is 5.13. The molecule has 1 aromatic rings. The zero-order valence-electron chi connectivity index (χ0n) is 11.5. The number of rotatable bonds is 7. The molecule has 0 radical (unpaired) electrons. The Balaban J connectivity index is 2.61. The van der Waals surface area contributed by atoms with Gasteiger partial charge in [-0.15, -0.1) is 0 Å². The highest BCUT2D eigenvalue weighted by molar-refractivity contribution is 6.42. The summed E-state index contributed by atoms with van der Waals surface area (Å²) >= 11 is 11.8. The minimum absolute atomic E-state index is 0.112. The Morgan fingerprint density at radius 2 is 1.89 bits per heavy atom. The van der Waals surface area contributed by atoms with Crippen LogP contribution in [0.1, 0.15) is 43.5 Å². The first-order valence-corrected chi connectivity index (χ1v) is 7.39. The number of halogens is 2. The first kappa shape index (κ1) is 16.5. The van der Waals surface area contributed by atoms with Gasteiger partial charge in [0.15, 0.2) is 5.78 Å². The van der Waals surface area contributed by atoms with Gasteiger partial charge in [-0.3, -0.25) is 4.79 Å². The van der Waals surface area contributed by atoms with E-state index < -0.39 is 0 Å². The molecule has 4 heteroatoms. The lowest BCUT2D eigenvalue weighted by atomic mass is 9.87. The van der Waals surface area contributed by atoms with Crippen LogP contribution in [-0.4, -0.2) is 12.3 Å². The number of benzene rings is 1. The number of carbonyl (C=O) groups excluding carboxylic acids is 1. The molecule has 0 aliphatic carbocycles. The maximum atomic E-state index is 12.1. The van der Waals surface area contributed by atoms with Crippen molar-refractivity contribution in [1.29, 1.82) is 0 Å². The Morgan fingerprint density at radius 1 is 1.21 bits per heavy atom. The van der Waals surface area contributed by atoms with Gasteiger partial charge in [0.25, 0.3) is 0 Å². The van der Waals surface area contributed by atoms with Crippen LogP contribution in [0, 0.1) is 11.8 Å². The van der Waals surface area contributed by atoms with Crippen LogP contribution in [0.2, 0.25) is 10.0 Å². The predicted octanol–water partition coefficient (Wildman–Crippen LogP) is 4.58. The standard InChI is InChI=1S/C15H21Cl2NO/c1-10(2)11(7-8-18)4-6-15(19)12-3-5-13(16)14(17)9-12/h3,5,9-11H,4,6-8,18H2,1-2H3. The molecule has 0 aliphatic heterocycles. The lowest BCUT2D eigenvalue weighted by Crippen LogP contribution is -2.15. The van der Waals surface area contributed by atoms with E-state index in [1.54, 1.807) is 18.2 Å². The molecule has 0 aliphatic rings. The molecule has 2 N–H and O–H groups in total. The Labute approximate surface area is 125 Å². The Morgan fingerprint density at radius 3 is 2.42 bits per heavy atom. The maximum Gasteiger partial charge on any atom is 0.162 e. The molecule has 0 fully saturated rings. The number of nitrogens with two attached hydrogens (primary N) is 1. The molecule has 1 atom stereocenters. The van der Waals surface area contributed by atoms with E-state index in [-0.39, 0.29) is 5.78 Å². The fourth-order valence-corrected chi connectivity index (χ4v) is 2.45. The van der Waals surface area contributed by atoms with Crippen LogP contribution in [-0.2, 0) is 0 Å². The van der Waals surface area contributed by atoms with Crippen LogP contribution in [0.4, 0.5) is 0 Å². The molecule has 0 amide bonds. The van der Waals surface area contributed by atoms with Crippen LogP contribution in [0.25, 0.3) is 0 Å². The van der Waals surface area contributed by atoms with Gasteiger partial charge >= 0.3 is 0 Å². The predicted molar refractivity (Wildman–Crippen MR) is 82.0 cm³/mol. The normalized spacial score (nSPS) is 12.7. The van der Waals surface area contributed by atoms with E-state index in [9.17, 15) is 4.79 Å². The summed E-state index contributed by atoms with van der Waals surface area (Å²) in [6.45, 7) is 5.01. The van der Waals surface area contributed by atoms with Crippen molar-refractivity contribution < 1.29 is 4.79 Å². The van der Waals surface area contributed by atoms with Crippen molar-refractivity contribution in [1.82, 2.24) is 0 Å². The van der Waals surface area contributed by atoms with E-state index in [1.807, 2.05) is 0 Å². The van der Waals surface area contributed by atoms with Crippen molar-refractivity contribution in [2.45, 2.75) is 33.1 Å². The molecule has 2 nitrogen and oxygen atoms in total. The van der Waals surface area contributed by atoms with Crippen LogP contribution in [0.5, 0.6) is 0 Å². The number of Topliss-reactive ketones (excluding diaryl/α,β-unsaturated/α-hetero) is 1. The molecular formula is C15H21Cl2NO. The first-order chi connectivity index (χ1) is 8.95. The molecule has 1 aromatic carbocycles. The van der Waals surface area contributed by atoms with Crippen LogP contribution in [0.3, 0.4) is 0 Å². The summed E-state index contributed by atoms with van der Waals surface area (Å²) in [6.07, 6.45) is 2.36. The number of carbonyl (C=O) groups is 1. The lowest BCUT2D eigenvalue weighted by Gasteiger charge is -2.19. The largest absolute Gasteiger partial charge is 0.330 e. The second kappa shape index (κ2) is 7.88. The summed E-state index contributed by atoms with van der Waals surface area (Å²) < 4.78 is 0. The zero-order chi connectivity index (χ0) is 14.4. The molecule has 0 saturated carbocycles. The van der Waals surface area contributed by atoms with Crippen LogP contribution >= 0.6 is 23.2 Å². The first-order valence-electron chi connectivity index (χ1n) is 6.64. The molecular weight excluding hydrogens is 281 g/mol. The van der Waals surface area contributed by atoms with Gasteiger partial charge in [-0.05, 0) is 49.4 Å². The zero-order valence-corrected chi connectivity index (χ0v) is 13.0. The molecule has 0 heterocycles. The van der Waals surface area contributed by atoms with Crippen molar-refractivity contribution in [2.24, 2.45) is 17.6 Å². The molecule has 0 spiro atoms. The van der Waals surface area contributed by atoms with E-state index in [4.69, 9.17) is 28.9 Å². The fourth-order valence-electron chi connectivity index (χ4n) is 2.16. The maximum absolute atomic E-state index is 12.1. The molecule has 1 rings (SSSR count). The average molecular weight is 302 g/mol. The summed E-state index contributed by atoms with van der Waals surface area (Å²) in [5.74, 6) is 1.16. The molecule has 0 bridgehead atoms. The molecule has 0 aromatic heterocycles. The lowest BCUT2D eigenvalue weighted by molar-refractivity contribution is 0.0969. The van der Waals surface area contributed by atoms with Gasteiger partial charge in [0, 0.05) is 12.0 Å². The Hall–Kier alpha value is -0.570. The van der Waals surface area contributed by atoms with Gasteiger partial charge in [0.05, 0.1) is 10.0 Å². The van der Waals surface area contributed by atoms with Crippen molar-refractivity contribution >= 4 is 29.0 Å². The van der Waals surface area contributed by atoms with Gasteiger partial charge in [-0.25, -0.2) is 0 Å². The van der Waals surface area contributed by atoms with E-state index >= 15 is 0 Å². The highest BCUT2D eigenvalue weighted by atomic mass is 35.5. The molecule has 106 valence electrons. The van der Waals surface area contributed by atoms with Crippen molar-refractivity contribution in [2.75, 3.05) is 6.54 Å². The summed E-state index contributed by atoms with van der Waals surface area (Å²) in [7, 11) is 0. The number of hydrogen-bond donors (Lipinski definition) is 1. The summed E-state index contributed by atoms with van der Waals surface area (Å²) in [6, 6.07) is 5.03. The summed E-state index contributed by atoms with van der Waals surface area (Å²) in [5, 5.41) is 0.899. The van der Waals surface area contributed by atoms with Crippen molar-refractivity contribution in [3.63, 3.8) is 0 Å². The Bertz CT molecular complexity index is 432. The second-order valence-corrected chi connectivity index (χ2v) is 5.99. The van der Waals surface area contributed by atoms with Crippen molar-refractivity contribution in [3.05, 3.63) is 33.8 Å². The van der Waals surface area contributed by atoms with Crippen molar-refractivity contribution in [3.8, 4) is 0 Å². The third-order valence-corrected chi connectivity index (χ3v) is 4.20. The molecule has 19 heavy (non-hydrogen) atoms. The van der Waals surface area contributed by atoms with E-state index in [1.165, 1.54) is 0 Å². The monoisotopic (exact) mass is 301 g/mol. The topological polar surface area (TPSA) is 43.1 Å². The SMILES string of the molecule is CC(C)C(CCN)CCC(=O)c1ccc(Cl)c(Cl)c1. The average Bonchev–Trinajstić information content (AvgIpc) is 2.37. The Kier molecular flexibility index (Phi) is 6.84. The smallest absolute Gasteiger partial charge is 0.162 e. The van der Waals surface area contributed by atoms with E-state index in [0.717, 1.165) is 12.8 Å². The third-order valence-electron chi connectivity index (χ3n) is 3.46. The van der Waals surface area contributed by atoms with Gasteiger partial charge in [0.1, 0.15) is 0 Å². The molecule has 1 unspecified atom stereocenters. The number of hydrogen-bond acceptors (Lipinski definition) is 2. The van der Waals surface area contributed by atoms with Gasteiger partial charge in [-0.2, -0.15) is 0 Å².